The molecule has 0 fully saturated rings. The summed E-state index contributed by atoms with van der Waals surface area (Å²) >= 11 is 0. The minimum Gasteiger partial charge on any atom is -0.461 e. The zero-order valence-electron chi connectivity index (χ0n) is 19.7. The molecule has 2 amide bonds. The molecule has 178 valence electrons. The van der Waals surface area contributed by atoms with Gasteiger partial charge in [0.2, 0.25) is 11.8 Å². The van der Waals surface area contributed by atoms with Gasteiger partial charge in [-0.25, -0.2) is 10.3 Å². The second-order valence-corrected chi connectivity index (χ2v) is 8.63. The number of carbonyl (C=O) groups is 3. The van der Waals surface area contributed by atoms with Crippen molar-refractivity contribution in [2.75, 3.05) is 0 Å². The van der Waals surface area contributed by atoms with E-state index in [1.54, 1.807) is 11.6 Å². The van der Waals surface area contributed by atoms with Crippen molar-refractivity contribution in [3.63, 3.8) is 0 Å². The van der Waals surface area contributed by atoms with Gasteiger partial charge in [-0.15, -0.1) is 6.58 Å². The zero-order valence-corrected chi connectivity index (χ0v) is 19.7. The topological polar surface area (TPSA) is 105 Å². The first-order valence-electron chi connectivity index (χ1n) is 11.3. The zero-order chi connectivity index (χ0) is 24.1. The Morgan fingerprint density at radius 1 is 1.09 bits per heavy atom. The van der Waals surface area contributed by atoms with Crippen LogP contribution in [0.15, 0.2) is 43.0 Å². The molecule has 1 rings (SSSR count). The van der Waals surface area contributed by atoms with Gasteiger partial charge in [-0.3, -0.25) is 14.8 Å². The largest absolute Gasteiger partial charge is 0.461 e. The molecular weight excluding hydrogens is 408 g/mol. The molecule has 4 unspecified atom stereocenters. The van der Waals surface area contributed by atoms with E-state index in [9.17, 15) is 19.6 Å². The Morgan fingerprint density at radius 3 is 2.28 bits per heavy atom. The van der Waals surface area contributed by atoms with Gasteiger partial charge in [-0.05, 0) is 37.7 Å². The molecule has 0 bridgehead atoms. The fourth-order valence-corrected chi connectivity index (χ4v) is 3.75. The van der Waals surface area contributed by atoms with Crippen molar-refractivity contribution in [2.24, 2.45) is 17.8 Å². The maximum atomic E-state index is 13.3. The molecule has 1 aromatic carbocycles. The molecule has 3 N–H and O–H groups in total. The maximum absolute atomic E-state index is 13.3. The Labute approximate surface area is 191 Å². The first-order valence-corrected chi connectivity index (χ1v) is 11.3. The highest BCUT2D eigenvalue weighted by atomic mass is 16.5. The summed E-state index contributed by atoms with van der Waals surface area (Å²) in [4.78, 5) is 38.5. The van der Waals surface area contributed by atoms with Crippen molar-refractivity contribution in [3.05, 3.63) is 48.6 Å². The molecule has 32 heavy (non-hydrogen) atoms. The summed E-state index contributed by atoms with van der Waals surface area (Å²) in [6.07, 6.45) is 3.80. The van der Waals surface area contributed by atoms with E-state index in [0.29, 0.717) is 6.42 Å². The standard InChI is InChI=1S/C25H38N2O5/c1-6-11-18(5)32-25(30)22(16-19-13-9-8-10-14-19)26-23(28)21(15-17(3)4)20(12-7-2)24(29)27-31/h7-10,13-14,17-18,20-22,31H,2,6,11-12,15-16H2,1,3-5H3,(H,26,28)(H,27,29). The van der Waals surface area contributed by atoms with Gasteiger partial charge in [-0.2, -0.15) is 0 Å². The average Bonchev–Trinajstić information content (AvgIpc) is 2.75. The van der Waals surface area contributed by atoms with Crippen LogP contribution in [0.25, 0.3) is 0 Å². The third kappa shape index (κ3) is 9.22. The van der Waals surface area contributed by atoms with Gasteiger partial charge in [0.25, 0.3) is 0 Å². The predicted octanol–water partition coefficient (Wildman–Crippen LogP) is 3.81. The lowest BCUT2D eigenvalue weighted by Crippen LogP contribution is -2.49. The molecule has 0 radical (unpaired) electrons. The number of nitrogens with one attached hydrogen (secondary N) is 2. The molecule has 0 aliphatic carbocycles. The van der Waals surface area contributed by atoms with Gasteiger partial charge in [0.15, 0.2) is 0 Å². The van der Waals surface area contributed by atoms with E-state index in [0.717, 1.165) is 18.4 Å². The highest BCUT2D eigenvalue weighted by molar-refractivity contribution is 5.90. The molecule has 1 aromatic rings. The second kappa shape index (κ2) is 14.4. The van der Waals surface area contributed by atoms with Crippen LogP contribution >= 0.6 is 0 Å². The van der Waals surface area contributed by atoms with Gasteiger partial charge >= 0.3 is 5.97 Å². The average molecular weight is 447 g/mol. The van der Waals surface area contributed by atoms with Crippen LogP contribution in [-0.2, 0) is 25.5 Å². The molecule has 0 aliphatic rings. The van der Waals surface area contributed by atoms with Crippen LogP contribution in [0.3, 0.4) is 0 Å². The third-order valence-corrected chi connectivity index (χ3v) is 5.31. The van der Waals surface area contributed by atoms with Gasteiger partial charge in [0, 0.05) is 6.42 Å². The van der Waals surface area contributed by atoms with Gasteiger partial charge < -0.3 is 10.1 Å². The number of hydrogen-bond donors (Lipinski definition) is 3. The fourth-order valence-electron chi connectivity index (χ4n) is 3.75. The molecule has 0 spiro atoms. The molecule has 7 nitrogen and oxygen atoms in total. The Bertz CT molecular complexity index is 735. The monoisotopic (exact) mass is 446 g/mol. The summed E-state index contributed by atoms with van der Waals surface area (Å²) in [7, 11) is 0. The summed E-state index contributed by atoms with van der Waals surface area (Å²) in [5, 5.41) is 12.0. The Morgan fingerprint density at radius 2 is 1.75 bits per heavy atom. The molecule has 0 aromatic heterocycles. The lowest BCUT2D eigenvalue weighted by Gasteiger charge is -2.28. The minimum atomic E-state index is -0.888. The Hall–Kier alpha value is -2.67. The lowest BCUT2D eigenvalue weighted by atomic mass is 9.82. The number of benzene rings is 1. The van der Waals surface area contributed by atoms with Crippen molar-refractivity contribution < 1.29 is 24.3 Å². The number of rotatable bonds is 14. The quantitative estimate of drug-likeness (QED) is 0.174. The van der Waals surface area contributed by atoms with Crippen molar-refractivity contribution >= 4 is 17.8 Å². The van der Waals surface area contributed by atoms with Gasteiger partial charge in [0.05, 0.1) is 17.9 Å². The third-order valence-electron chi connectivity index (χ3n) is 5.31. The van der Waals surface area contributed by atoms with Crippen molar-refractivity contribution in [2.45, 2.75) is 71.9 Å². The van der Waals surface area contributed by atoms with Crippen LogP contribution in [0, 0.1) is 17.8 Å². The molecule has 0 saturated carbocycles. The second-order valence-electron chi connectivity index (χ2n) is 8.63. The van der Waals surface area contributed by atoms with Gasteiger partial charge in [0.1, 0.15) is 6.04 Å². The lowest BCUT2D eigenvalue weighted by molar-refractivity contribution is -0.153. The van der Waals surface area contributed by atoms with Crippen LogP contribution in [0.5, 0.6) is 0 Å². The van der Waals surface area contributed by atoms with E-state index in [1.165, 1.54) is 0 Å². The first-order chi connectivity index (χ1) is 15.2. The van der Waals surface area contributed by atoms with Crippen molar-refractivity contribution in [1.29, 1.82) is 0 Å². The number of allylic oxidation sites excluding steroid dienone is 1. The highest BCUT2D eigenvalue weighted by Crippen LogP contribution is 2.25. The number of hydrogen-bond acceptors (Lipinski definition) is 5. The highest BCUT2D eigenvalue weighted by Gasteiger charge is 2.35. The van der Waals surface area contributed by atoms with Crippen LogP contribution in [0.2, 0.25) is 0 Å². The number of esters is 1. The van der Waals surface area contributed by atoms with E-state index in [4.69, 9.17) is 4.74 Å². The Balaban J connectivity index is 3.15. The molecule has 7 heteroatoms. The van der Waals surface area contributed by atoms with Crippen molar-refractivity contribution in [1.82, 2.24) is 10.8 Å². The fraction of sp³-hybridized carbons (Fsp3) is 0.560. The number of amides is 2. The van der Waals surface area contributed by atoms with E-state index in [-0.39, 0.29) is 24.9 Å². The molecular formula is C25H38N2O5. The summed E-state index contributed by atoms with van der Waals surface area (Å²) in [5.41, 5.74) is 2.54. The maximum Gasteiger partial charge on any atom is 0.329 e. The summed E-state index contributed by atoms with van der Waals surface area (Å²) in [6.45, 7) is 11.4. The molecule has 0 aliphatic heterocycles. The summed E-state index contributed by atoms with van der Waals surface area (Å²) < 4.78 is 5.57. The van der Waals surface area contributed by atoms with Crippen LogP contribution in [0.4, 0.5) is 0 Å². The number of hydroxylamine groups is 1. The predicted molar refractivity (Wildman–Crippen MR) is 124 cm³/mol. The van der Waals surface area contributed by atoms with E-state index in [1.807, 2.05) is 58.0 Å². The molecule has 0 saturated heterocycles. The van der Waals surface area contributed by atoms with E-state index < -0.39 is 35.7 Å². The summed E-state index contributed by atoms with van der Waals surface area (Å²) in [5.74, 6) is -2.99. The van der Waals surface area contributed by atoms with E-state index in [2.05, 4.69) is 11.9 Å². The van der Waals surface area contributed by atoms with Crippen LogP contribution < -0.4 is 10.8 Å². The molecule has 4 atom stereocenters. The summed E-state index contributed by atoms with van der Waals surface area (Å²) in [6, 6.07) is 8.49. The number of ether oxygens (including phenoxy) is 1. The smallest absolute Gasteiger partial charge is 0.329 e. The van der Waals surface area contributed by atoms with Crippen LogP contribution in [-0.4, -0.2) is 35.1 Å². The normalized spacial score (nSPS) is 14.7. The number of carbonyl (C=O) groups excluding carboxylic acids is 3. The first kappa shape index (κ1) is 27.4. The molecule has 0 heterocycles. The van der Waals surface area contributed by atoms with Crippen LogP contribution in [0.1, 0.15) is 58.9 Å². The minimum absolute atomic E-state index is 0.119. The Kier molecular flexibility index (Phi) is 12.3. The van der Waals surface area contributed by atoms with Crippen molar-refractivity contribution in [3.8, 4) is 0 Å². The van der Waals surface area contributed by atoms with E-state index >= 15 is 0 Å². The SMILES string of the molecule is C=CCC(C(=O)NO)C(CC(C)C)C(=O)NC(Cc1ccccc1)C(=O)OC(C)CCC. The van der Waals surface area contributed by atoms with Gasteiger partial charge in [-0.1, -0.05) is 63.6 Å².